The van der Waals surface area contributed by atoms with Crippen molar-refractivity contribution < 1.29 is 14.3 Å². The molecule has 0 bridgehead atoms. The highest BCUT2D eigenvalue weighted by molar-refractivity contribution is 5.87. The Morgan fingerprint density at radius 3 is 2.60 bits per heavy atom. The minimum absolute atomic E-state index is 0.305. The van der Waals surface area contributed by atoms with Crippen LogP contribution in [0.3, 0.4) is 0 Å². The highest BCUT2D eigenvalue weighted by atomic mass is 16.5. The lowest BCUT2D eigenvalue weighted by Crippen LogP contribution is -2.01. The first kappa shape index (κ1) is 16.0. The predicted molar refractivity (Wildman–Crippen MR) is 81.7 cm³/mol. The van der Waals surface area contributed by atoms with Crippen LogP contribution in [-0.4, -0.2) is 19.2 Å². The molecule has 0 aromatic heterocycles. The highest BCUT2D eigenvalue weighted by Gasteiger charge is 1.97. The van der Waals surface area contributed by atoms with Gasteiger partial charge in [0.2, 0.25) is 0 Å². The van der Waals surface area contributed by atoms with Gasteiger partial charge in [0.15, 0.2) is 0 Å². The van der Waals surface area contributed by atoms with E-state index in [2.05, 4.69) is 13.5 Å². The van der Waals surface area contributed by atoms with E-state index in [9.17, 15) is 4.79 Å². The van der Waals surface area contributed by atoms with Gasteiger partial charge in [-0.1, -0.05) is 32.1 Å². The molecule has 1 aromatic carbocycles. The lowest BCUT2D eigenvalue weighted by molar-refractivity contribution is -0.137. The molecule has 0 aliphatic heterocycles. The number of ether oxygens (including phenoxy) is 2. The van der Waals surface area contributed by atoms with Crippen LogP contribution < -0.4 is 4.74 Å². The highest BCUT2D eigenvalue weighted by Crippen LogP contribution is 2.13. The molecule has 1 rings (SSSR count). The second kappa shape index (κ2) is 8.97. The summed E-state index contributed by atoms with van der Waals surface area (Å²) >= 11 is 0. The van der Waals surface area contributed by atoms with Crippen LogP contribution in [0.25, 0.3) is 6.08 Å². The fourth-order valence-electron chi connectivity index (χ4n) is 1.41. The molecule has 0 fully saturated rings. The van der Waals surface area contributed by atoms with Crippen molar-refractivity contribution in [3.63, 3.8) is 0 Å². The van der Waals surface area contributed by atoms with Crippen molar-refractivity contribution >= 4 is 12.0 Å². The maximum Gasteiger partial charge on any atom is 0.330 e. The Morgan fingerprint density at radius 1 is 1.30 bits per heavy atom. The molecular weight excluding hydrogens is 252 g/mol. The van der Waals surface area contributed by atoms with Gasteiger partial charge in [0.05, 0.1) is 6.61 Å². The predicted octanol–water partition coefficient (Wildman–Crippen LogP) is 4.00. The van der Waals surface area contributed by atoms with Gasteiger partial charge in [0.25, 0.3) is 0 Å². The zero-order valence-electron chi connectivity index (χ0n) is 12.2. The van der Waals surface area contributed by atoms with Gasteiger partial charge in [-0.3, -0.25) is 0 Å². The third-order valence-electron chi connectivity index (χ3n) is 2.52. The lowest BCUT2D eigenvalue weighted by atomic mass is 10.2. The van der Waals surface area contributed by atoms with Crippen LogP contribution in [0.15, 0.2) is 42.5 Å². The molecule has 0 amide bonds. The van der Waals surface area contributed by atoms with Crippen LogP contribution in [0.2, 0.25) is 0 Å². The minimum atomic E-state index is -0.305. The summed E-state index contributed by atoms with van der Waals surface area (Å²) in [4.78, 5) is 11.4. The van der Waals surface area contributed by atoms with Gasteiger partial charge < -0.3 is 9.47 Å². The molecule has 0 aliphatic rings. The van der Waals surface area contributed by atoms with Crippen LogP contribution in [0, 0.1) is 0 Å². The van der Waals surface area contributed by atoms with Gasteiger partial charge in [-0.25, -0.2) is 4.79 Å². The summed E-state index contributed by atoms with van der Waals surface area (Å²) in [5, 5.41) is 0. The molecule has 20 heavy (non-hydrogen) atoms. The molecule has 0 atom stereocenters. The topological polar surface area (TPSA) is 35.5 Å². The van der Waals surface area contributed by atoms with E-state index in [4.69, 9.17) is 9.47 Å². The third-order valence-corrected chi connectivity index (χ3v) is 2.52. The van der Waals surface area contributed by atoms with Crippen LogP contribution in [0.5, 0.6) is 5.75 Å². The van der Waals surface area contributed by atoms with Crippen LogP contribution in [0.1, 0.15) is 32.3 Å². The molecule has 0 saturated carbocycles. The molecule has 108 valence electrons. The van der Waals surface area contributed by atoms with Crippen LogP contribution >= 0.6 is 0 Å². The summed E-state index contributed by atoms with van der Waals surface area (Å²) in [5.74, 6) is 0.483. The van der Waals surface area contributed by atoms with E-state index in [1.807, 2.05) is 31.2 Å². The first-order chi connectivity index (χ1) is 9.61. The molecule has 3 nitrogen and oxygen atoms in total. The maximum atomic E-state index is 11.4. The van der Waals surface area contributed by atoms with E-state index in [1.54, 1.807) is 6.08 Å². The summed E-state index contributed by atoms with van der Waals surface area (Å²) in [6.07, 6.45) is 5.09. The van der Waals surface area contributed by atoms with E-state index < -0.39 is 0 Å². The first-order valence-electron chi connectivity index (χ1n) is 6.84. The zero-order valence-corrected chi connectivity index (χ0v) is 12.2. The Hall–Kier alpha value is -2.03. The average molecular weight is 274 g/mol. The van der Waals surface area contributed by atoms with Gasteiger partial charge in [-0.05, 0) is 42.7 Å². The van der Waals surface area contributed by atoms with Crippen molar-refractivity contribution in [3.8, 4) is 5.75 Å². The smallest absolute Gasteiger partial charge is 0.330 e. The Kier molecular flexibility index (Phi) is 7.18. The van der Waals surface area contributed by atoms with E-state index >= 15 is 0 Å². The zero-order chi connectivity index (χ0) is 14.8. The maximum absolute atomic E-state index is 11.4. The van der Waals surface area contributed by atoms with E-state index in [0.717, 1.165) is 29.7 Å². The SMILES string of the molecule is C=C(C)COc1ccc(C=CC(=O)OCCCC)cc1. The Labute approximate surface area is 120 Å². The fraction of sp³-hybridized carbons (Fsp3) is 0.353. The molecule has 0 aliphatic carbocycles. The number of unbranched alkanes of at least 4 members (excludes halogenated alkanes) is 1. The second-order valence-corrected chi connectivity index (χ2v) is 4.67. The van der Waals surface area contributed by atoms with Gasteiger partial charge in [-0.2, -0.15) is 0 Å². The summed E-state index contributed by atoms with van der Waals surface area (Å²) in [6.45, 7) is 8.75. The van der Waals surface area contributed by atoms with Crippen molar-refractivity contribution in [2.45, 2.75) is 26.7 Å². The van der Waals surface area contributed by atoms with Crippen molar-refractivity contribution in [3.05, 3.63) is 48.1 Å². The van der Waals surface area contributed by atoms with E-state index in [1.165, 1.54) is 6.08 Å². The molecular formula is C17H22O3. The Balaban J connectivity index is 2.44. The van der Waals surface area contributed by atoms with E-state index in [0.29, 0.717) is 13.2 Å². The monoisotopic (exact) mass is 274 g/mol. The molecule has 0 saturated heterocycles. The fourth-order valence-corrected chi connectivity index (χ4v) is 1.41. The number of esters is 1. The molecule has 0 heterocycles. The summed E-state index contributed by atoms with van der Waals surface area (Å²) in [7, 11) is 0. The van der Waals surface area contributed by atoms with Crippen LogP contribution in [0.4, 0.5) is 0 Å². The summed E-state index contributed by atoms with van der Waals surface area (Å²) in [6, 6.07) is 7.52. The average Bonchev–Trinajstić information content (AvgIpc) is 2.44. The first-order valence-corrected chi connectivity index (χ1v) is 6.84. The molecule has 0 unspecified atom stereocenters. The van der Waals surface area contributed by atoms with Gasteiger partial charge in [0.1, 0.15) is 12.4 Å². The van der Waals surface area contributed by atoms with Gasteiger partial charge in [-0.15, -0.1) is 0 Å². The molecule has 0 N–H and O–H groups in total. The van der Waals surface area contributed by atoms with Crippen molar-refractivity contribution in [1.82, 2.24) is 0 Å². The lowest BCUT2D eigenvalue weighted by Gasteiger charge is -2.05. The van der Waals surface area contributed by atoms with E-state index in [-0.39, 0.29) is 5.97 Å². The van der Waals surface area contributed by atoms with Gasteiger partial charge >= 0.3 is 5.97 Å². The van der Waals surface area contributed by atoms with Crippen molar-refractivity contribution in [1.29, 1.82) is 0 Å². The number of rotatable bonds is 8. The van der Waals surface area contributed by atoms with Gasteiger partial charge in [0, 0.05) is 6.08 Å². The van der Waals surface area contributed by atoms with Crippen molar-refractivity contribution in [2.75, 3.05) is 13.2 Å². The number of benzene rings is 1. The number of carbonyl (C=O) groups is 1. The second-order valence-electron chi connectivity index (χ2n) is 4.67. The molecule has 0 radical (unpaired) electrons. The number of carbonyl (C=O) groups excluding carboxylic acids is 1. The standard InChI is InChI=1S/C17H22O3/c1-4-5-12-19-17(18)11-8-15-6-9-16(10-7-15)20-13-14(2)3/h6-11H,2,4-5,12-13H2,1,3H3. The molecule has 3 heteroatoms. The normalized spacial score (nSPS) is 10.5. The summed E-state index contributed by atoms with van der Waals surface area (Å²) in [5.41, 5.74) is 1.91. The number of hydrogen-bond acceptors (Lipinski definition) is 3. The Bertz CT molecular complexity index is 458. The Morgan fingerprint density at radius 2 is 2.00 bits per heavy atom. The largest absolute Gasteiger partial charge is 0.489 e. The third kappa shape index (κ3) is 6.78. The van der Waals surface area contributed by atoms with Crippen LogP contribution in [-0.2, 0) is 9.53 Å². The number of hydrogen-bond donors (Lipinski definition) is 0. The molecule has 1 aromatic rings. The molecule has 0 spiro atoms. The quantitative estimate of drug-likeness (QED) is 0.311. The minimum Gasteiger partial charge on any atom is -0.489 e. The summed E-state index contributed by atoms with van der Waals surface area (Å²) < 4.78 is 10.5. The van der Waals surface area contributed by atoms with Crippen molar-refractivity contribution in [2.24, 2.45) is 0 Å².